The van der Waals surface area contributed by atoms with Gasteiger partial charge in [0.25, 0.3) is 0 Å². The predicted octanol–water partition coefficient (Wildman–Crippen LogP) is 3.39. The molecule has 50 valence electrons. The van der Waals surface area contributed by atoms with Crippen LogP contribution in [0.1, 0.15) is 20.8 Å². The maximum atomic E-state index is 3.79. The van der Waals surface area contributed by atoms with Crippen LogP contribution in [0.4, 0.5) is 0 Å². The summed E-state index contributed by atoms with van der Waals surface area (Å²) in [5.41, 5.74) is 0. The second kappa shape index (κ2) is 2.33. The zero-order valence-electron chi connectivity index (χ0n) is 6.38. The van der Waals surface area contributed by atoms with Gasteiger partial charge in [-0.3, -0.25) is 0 Å². The molecule has 0 aromatic rings. The normalized spacial score (nSPS) is 14.2. The Morgan fingerprint density at radius 2 is 1.25 bits per heavy atom. The van der Waals surface area contributed by atoms with Crippen molar-refractivity contribution in [2.45, 2.75) is 36.5 Å². The fourth-order valence-electron chi connectivity index (χ4n) is 0. The summed E-state index contributed by atoms with van der Waals surface area (Å²) in [7, 11) is 0. The predicted molar refractivity (Wildman–Crippen MR) is 46.1 cm³/mol. The van der Waals surface area contributed by atoms with Gasteiger partial charge in [0.1, 0.15) is 0 Å². The van der Waals surface area contributed by atoms with Crippen LogP contribution in [-0.4, -0.2) is 11.4 Å². The van der Waals surface area contributed by atoms with E-state index in [4.69, 9.17) is 0 Å². The Hall–Kier alpha value is 1.02. The van der Waals surface area contributed by atoms with Gasteiger partial charge in [-0.05, 0) is 0 Å². The van der Waals surface area contributed by atoms with Gasteiger partial charge < -0.3 is 0 Å². The third kappa shape index (κ3) is 2.54. The van der Waals surface area contributed by atoms with Crippen LogP contribution >= 0.6 is 14.0 Å². The van der Waals surface area contributed by atoms with Crippen molar-refractivity contribution in [2.24, 2.45) is 0 Å². The molecule has 0 aliphatic carbocycles. The Labute approximate surface area is 62.0 Å². The molecule has 0 N–H and O–H groups in total. The van der Waals surface area contributed by atoms with E-state index in [-0.39, 0.29) is 0 Å². The van der Waals surface area contributed by atoms with Crippen molar-refractivity contribution in [3.8, 4) is 0 Å². The maximum absolute atomic E-state index is 3.79. The van der Waals surface area contributed by atoms with E-state index in [9.17, 15) is 0 Å². The summed E-state index contributed by atoms with van der Waals surface area (Å²) in [5, 5.41) is 0. The van der Waals surface area contributed by atoms with Crippen molar-refractivity contribution in [2.75, 3.05) is 0 Å². The van der Waals surface area contributed by atoms with Crippen LogP contribution in [0.2, 0.25) is 15.8 Å². The van der Waals surface area contributed by atoms with Crippen LogP contribution < -0.4 is 0 Å². The monoisotopic (exact) mass is 240 g/mol. The Kier molecular flexibility index (Phi) is 2.63. The topological polar surface area (TPSA) is 0 Å². The van der Waals surface area contributed by atoms with Gasteiger partial charge in [0, 0.05) is 0 Å². The number of halogens is 1. The van der Waals surface area contributed by atoms with Gasteiger partial charge in [-0.2, -0.15) is 0 Å². The fourth-order valence-corrected chi connectivity index (χ4v) is 0. The molecule has 0 atom stereocenters. The van der Waals surface area contributed by atoms with Crippen LogP contribution in [0, 0.1) is 0 Å². The van der Waals surface area contributed by atoms with E-state index in [1.165, 1.54) is 0 Å². The third-order valence-electron chi connectivity index (χ3n) is 1.78. The van der Waals surface area contributed by atoms with Gasteiger partial charge in [0.05, 0.1) is 0 Å². The summed E-state index contributed by atoms with van der Waals surface area (Å²) in [6.07, 6.45) is 0. The average molecular weight is 240 g/mol. The van der Waals surface area contributed by atoms with Crippen molar-refractivity contribution in [3.05, 3.63) is 0 Å². The first-order valence-corrected chi connectivity index (χ1v) is 13.1. The Bertz CT molecular complexity index is 63.5. The Balaban J connectivity index is 4.02. The summed E-state index contributed by atoms with van der Waals surface area (Å²) >= 11 is 2.29. The zero-order valence-corrected chi connectivity index (χ0v) is 10.1. The molecule has 0 aliphatic heterocycles. The van der Waals surface area contributed by atoms with Crippen molar-refractivity contribution >= 4 is 25.4 Å². The van der Waals surface area contributed by atoms with Gasteiger partial charge in [-0.25, -0.2) is 0 Å². The van der Waals surface area contributed by atoms with Crippen LogP contribution in [0.15, 0.2) is 0 Å². The molecule has 0 fully saturated rings. The standard InChI is InChI=1S/C6H15BrGe/c1-6(2,3)8(4,5)7/h1-5H3. The molecule has 0 unspecified atom stereocenters. The van der Waals surface area contributed by atoms with E-state index in [0.29, 0.717) is 4.25 Å². The minimum atomic E-state index is -1.50. The molecule has 2 heteroatoms. The molecule has 0 radical (unpaired) electrons. The van der Waals surface area contributed by atoms with Crippen LogP contribution in [-0.2, 0) is 0 Å². The summed E-state index contributed by atoms with van der Waals surface area (Å²) in [4.78, 5) is 0. The Morgan fingerprint density at radius 1 is 1.12 bits per heavy atom. The molecular weight excluding hydrogens is 225 g/mol. The molecule has 0 aromatic heterocycles. The van der Waals surface area contributed by atoms with E-state index < -0.39 is 11.4 Å². The molecule has 8 heavy (non-hydrogen) atoms. The first-order valence-electron chi connectivity index (χ1n) is 2.94. The molecule has 0 nitrogen and oxygen atoms in total. The van der Waals surface area contributed by atoms with E-state index in [1.54, 1.807) is 0 Å². The van der Waals surface area contributed by atoms with Crippen molar-refractivity contribution in [1.82, 2.24) is 0 Å². The van der Waals surface area contributed by atoms with Crippen LogP contribution in [0.5, 0.6) is 0 Å². The van der Waals surface area contributed by atoms with Gasteiger partial charge in [-0.1, -0.05) is 0 Å². The molecular formula is C6H15BrGe. The summed E-state index contributed by atoms with van der Waals surface area (Å²) in [5.74, 6) is 4.75. The first-order chi connectivity index (χ1) is 3.25. The fraction of sp³-hybridized carbons (Fsp3) is 1.00. The first kappa shape index (κ1) is 9.02. The van der Waals surface area contributed by atoms with Gasteiger partial charge in [0.15, 0.2) is 0 Å². The molecule has 0 amide bonds. The summed E-state index contributed by atoms with van der Waals surface area (Å²) in [6.45, 7) is 6.92. The summed E-state index contributed by atoms with van der Waals surface area (Å²) < 4.78 is 0.542. The molecule has 0 rings (SSSR count). The van der Waals surface area contributed by atoms with E-state index in [0.717, 1.165) is 0 Å². The van der Waals surface area contributed by atoms with Crippen molar-refractivity contribution < 1.29 is 0 Å². The molecule has 0 bridgehead atoms. The molecule has 0 spiro atoms. The molecule has 0 heterocycles. The van der Waals surface area contributed by atoms with Crippen LogP contribution in [0.3, 0.4) is 0 Å². The van der Waals surface area contributed by atoms with E-state index in [1.807, 2.05) is 0 Å². The van der Waals surface area contributed by atoms with Crippen LogP contribution in [0.25, 0.3) is 0 Å². The molecule has 0 aliphatic rings. The quantitative estimate of drug-likeness (QED) is 0.569. The SMILES string of the molecule is C[C](C)(C)[Ge]([CH3])([CH3])[Br]. The molecule has 0 saturated carbocycles. The van der Waals surface area contributed by atoms with Crippen molar-refractivity contribution in [3.63, 3.8) is 0 Å². The van der Waals surface area contributed by atoms with Gasteiger partial charge in [0.2, 0.25) is 0 Å². The minimum absolute atomic E-state index is 0.542. The van der Waals surface area contributed by atoms with Gasteiger partial charge >= 0.3 is 62.0 Å². The van der Waals surface area contributed by atoms with Gasteiger partial charge in [-0.15, -0.1) is 0 Å². The zero-order chi connectivity index (χ0) is 7.00. The van der Waals surface area contributed by atoms with Crippen molar-refractivity contribution in [1.29, 1.82) is 0 Å². The third-order valence-corrected chi connectivity index (χ3v) is 15.4. The second-order valence-corrected chi connectivity index (χ2v) is 23.3. The number of hydrogen-bond donors (Lipinski definition) is 0. The molecule has 0 aromatic carbocycles. The molecule has 0 saturated heterocycles. The van der Waals surface area contributed by atoms with E-state index in [2.05, 4.69) is 46.3 Å². The van der Waals surface area contributed by atoms with E-state index >= 15 is 0 Å². The number of rotatable bonds is 0. The Morgan fingerprint density at radius 3 is 1.25 bits per heavy atom. The average Bonchev–Trinajstić information content (AvgIpc) is 1.25. The second-order valence-electron chi connectivity index (χ2n) is 3.72. The summed E-state index contributed by atoms with van der Waals surface area (Å²) in [6, 6.07) is 0. The number of hydrogen-bond acceptors (Lipinski definition) is 0.